The van der Waals surface area contributed by atoms with Crippen LogP contribution >= 0.6 is 0 Å². The zero-order valence-corrected chi connectivity index (χ0v) is 13.9. The summed E-state index contributed by atoms with van der Waals surface area (Å²) in [5.41, 5.74) is 9.29. The summed E-state index contributed by atoms with van der Waals surface area (Å²) in [6.45, 7) is 7.93. The van der Waals surface area contributed by atoms with E-state index in [4.69, 9.17) is 5.73 Å². The van der Waals surface area contributed by atoms with Gasteiger partial charge in [-0.2, -0.15) is 0 Å². The summed E-state index contributed by atoms with van der Waals surface area (Å²) < 4.78 is 0. The molecule has 0 spiro atoms. The highest BCUT2D eigenvalue weighted by Gasteiger charge is 2.05. The largest absolute Gasteiger partial charge is 0.399 e. The summed E-state index contributed by atoms with van der Waals surface area (Å²) in [7, 11) is 0. The van der Waals surface area contributed by atoms with E-state index in [1.54, 1.807) is 24.3 Å². The normalized spacial score (nSPS) is 10.7. The Labute approximate surface area is 138 Å². The summed E-state index contributed by atoms with van der Waals surface area (Å²) in [5.74, 6) is -0.0859. The quantitative estimate of drug-likeness (QED) is 0.773. The first-order valence-electron chi connectivity index (χ1n) is 8.06. The molecule has 2 aromatic rings. The third-order valence-electron chi connectivity index (χ3n) is 3.95. The molecule has 4 heteroatoms. The van der Waals surface area contributed by atoms with E-state index in [9.17, 15) is 4.79 Å². The van der Waals surface area contributed by atoms with Gasteiger partial charge in [-0.15, -0.1) is 0 Å². The topological polar surface area (TPSA) is 58.4 Å². The maximum atomic E-state index is 12.1. The Morgan fingerprint density at radius 1 is 0.957 bits per heavy atom. The van der Waals surface area contributed by atoms with Crippen LogP contribution in [0.1, 0.15) is 35.3 Å². The number of hydrogen-bond acceptors (Lipinski definition) is 3. The molecule has 23 heavy (non-hydrogen) atoms. The second-order valence-corrected chi connectivity index (χ2v) is 5.58. The van der Waals surface area contributed by atoms with E-state index in [1.165, 1.54) is 5.56 Å². The molecule has 0 fully saturated rings. The lowest BCUT2D eigenvalue weighted by atomic mass is 10.1. The van der Waals surface area contributed by atoms with Gasteiger partial charge in [0.25, 0.3) is 5.91 Å². The zero-order valence-electron chi connectivity index (χ0n) is 13.9. The molecular formula is C19H25N3O. The molecule has 2 aromatic carbocycles. The lowest BCUT2D eigenvalue weighted by Gasteiger charge is -2.18. The minimum Gasteiger partial charge on any atom is -0.399 e. The van der Waals surface area contributed by atoms with Crippen LogP contribution in [-0.2, 0) is 13.1 Å². The third kappa shape index (κ3) is 5.11. The molecule has 122 valence electrons. The lowest BCUT2D eigenvalue weighted by Crippen LogP contribution is -2.23. The van der Waals surface area contributed by atoms with Crippen molar-refractivity contribution in [1.29, 1.82) is 0 Å². The van der Waals surface area contributed by atoms with E-state index in [2.05, 4.69) is 48.3 Å². The van der Waals surface area contributed by atoms with Crippen molar-refractivity contribution in [1.82, 2.24) is 10.2 Å². The molecule has 4 nitrogen and oxygen atoms in total. The number of nitrogen functional groups attached to an aromatic ring is 1. The second kappa shape index (κ2) is 8.34. The number of amides is 1. The number of nitrogens with two attached hydrogens (primary N) is 1. The van der Waals surface area contributed by atoms with Crippen molar-refractivity contribution in [3.63, 3.8) is 0 Å². The second-order valence-electron chi connectivity index (χ2n) is 5.58. The van der Waals surface area contributed by atoms with Gasteiger partial charge >= 0.3 is 0 Å². The number of carbonyl (C=O) groups excluding carboxylic acids is 1. The van der Waals surface area contributed by atoms with Gasteiger partial charge in [0.2, 0.25) is 0 Å². The number of rotatable bonds is 7. The van der Waals surface area contributed by atoms with Crippen molar-refractivity contribution >= 4 is 11.6 Å². The number of anilines is 1. The molecule has 0 atom stereocenters. The number of nitrogens with zero attached hydrogens (tertiary/aromatic N) is 1. The molecule has 0 aliphatic rings. The predicted molar refractivity (Wildman–Crippen MR) is 95.1 cm³/mol. The molecule has 1 amide bonds. The van der Waals surface area contributed by atoms with Gasteiger partial charge in [-0.05, 0) is 48.5 Å². The van der Waals surface area contributed by atoms with E-state index in [-0.39, 0.29) is 5.91 Å². The van der Waals surface area contributed by atoms with Crippen molar-refractivity contribution in [2.45, 2.75) is 26.9 Å². The Hall–Kier alpha value is -2.33. The molecule has 0 saturated heterocycles. The third-order valence-corrected chi connectivity index (χ3v) is 3.95. The average molecular weight is 311 g/mol. The van der Waals surface area contributed by atoms with Gasteiger partial charge in [0.15, 0.2) is 0 Å². The van der Waals surface area contributed by atoms with E-state index < -0.39 is 0 Å². The van der Waals surface area contributed by atoms with Gasteiger partial charge in [0, 0.05) is 24.3 Å². The fourth-order valence-electron chi connectivity index (χ4n) is 2.39. The van der Waals surface area contributed by atoms with Crippen LogP contribution in [0.2, 0.25) is 0 Å². The maximum absolute atomic E-state index is 12.1. The van der Waals surface area contributed by atoms with Crippen LogP contribution in [0, 0.1) is 0 Å². The zero-order chi connectivity index (χ0) is 16.7. The Kier molecular flexibility index (Phi) is 6.18. The van der Waals surface area contributed by atoms with Crippen molar-refractivity contribution in [3.05, 3.63) is 65.2 Å². The van der Waals surface area contributed by atoms with Gasteiger partial charge < -0.3 is 11.1 Å². The highest BCUT2D eigenvalue weighted by Crippen LogP contribution is 2.09. The number of nitrogens with one attached hydrogen (secondary N) is 1. The molecule has 0 saturated carbocycles. The highest BCUT2D eigenvalue weighted by atomic mass is 16.1. The van der Waals surface area contributed by atoms with Crippen LogP contribution in [0.15, 0.2) is 48.5 Å². The highest BCUT2D eigenvalue weighted by molar-refractivity contribution is 5.94. The Morgan fingerprint density at radius 3 is 2.09 bits per heavy atom. The smallest absolute Gasteiger partial charge is 0.251 e. The van der Waals surface area contributed by atoms with Crippen molar-refractivity contribution in [2.24, 2.45) is 0 Å². The van der Waals surface area contributed by atoms with Crippen molar-refractivity contribution in [3.8, 4) is 0 Å². The maximum Gasteiger partial charge on any atom is 0.251 e. The Morgan fingerprint density at radius 2 is 1.52 bits per heavy atom. The van der Waals surface area contributed by atoms with E-state index in [0.29, 0.717) is 17.8 Å². The lowest BCUT2D eigenvalue weighted by molar-refractivity contribution is 0.0951. The van der Waals surface area contributed by atoms with Crippen LogP contribution < -0.4 is 11.1 Å². The molecule has 0 aliphatic heterocycles. The SMILES string of the molecule is CCN(CC)Cc1ccc(CNC(=O)c2ccc(N)cc2)cc1. The summed E-state index contributed by atoms with van der Waals surface area (Å²) >= 11 is 0. The summed E-state index contributed by atoms with van der Waals surface area (Å²) in [6.07, 6.45) is 0. The number of carbonyl (C=O) groups is 1. The minimum atomic E-state index is -0.0859. The average Bonchev–Trinajstić information content (AvgIpc) is 2.59. The van der Waals surface area contributed by atoms with Gasteiger partial charge in [-0.1, -0.05) is 38.1 Å². The molecule has 0 aromatic heterocycles. The first-order chi connectivity index (χ1) is 11.1. The molecular weight excluding hydrogens is 286 g/mol. The van der Waals surface area contributed by atoms with E-state index in [0.717, 1.165) is 25.2 Å². The molecule has 0 bridgehead atoms. The summed E-state index contributed by atoms with van der Waals surface area (Å²) in [5, 5.41) is 2.93. The number of hydrogen-bond donors (Lipinski definition) is 2. The van der Waals surface area contributed by atoms with E-state index >= 15 is 0 Å². The first kappa shape index (κ1) is 17.0. The van der Waals surface area contributed by atoms with Gasteiger partial charge in [0.05, 0.1) is 0 Å². The molecule has 0 radical (unpaired) electrons. The molecule has 0 unspecified atom stereocenters. The standard InChI is InChI=1S/C19H25N3O/c1-3-22(4-2)14-16-7-5-15(6-8-16)13-21-19(23)17-9-11-18(20)12-10-17/h5-12H,3-4,13-14,20H2,1-2H3,(H,21,23). The van der Waals surface area contributed by atoms with Gasteiger partial charge in [-0.25, -0.2) is 0 Å². The van der Waals surface area contributed by atoms with Crippen LogP contribution in [0.3, 0.4) is 0 Å². The molecule has 0 aliphatic carbocycles. The van der Waals surface area contributed by atoms with Crippen molar-refractivity contribution in [2.75, 3.05) is 18.8 Å². The molecule has 0 heterocycles. The minimum absolute atomic E-state index is 0.0859. The summed E-state index contributed by atoms with van der Waals surface area (Å²) in [6, 6.07) is 15.3. The number of benzene rings is 2. The Balaban J connectivity index is 1.88. The van der Waals surface area contributed by atoms with Gasteiger partial charge in [0.1, 0.15) is 0 Å². The van der Waals surface area contributed by atoms with Crippen molar-refractivity contribution < 1.29 is 4.79 Å². The van der Waals surface area contributed by atoms with Crippen LogP contribution in [0.5, 0.6) is 0 Å². The molecule has 2 rings (SSSR count). The van der Waals surface area contributed by atoms with E-state index in [1.807, 2.05) is 0 Å². The van der Waals surface area contributed by atoms with Crippen LogP contribution in [0.4, 0.5) is 5.69 Å². The monoisotopic (exact) mass is 311 g/mol. The fraction of sp³-hybridized carbons (Fsp3) is 0.316. The first-order valence-corrected chi connectivity index (χ1v) is 8.06. The predicted octanol–water partition coefficient (Wildman–Crippen LogP) is 3.04. The van der Waals surface area contributed by atoms with Crippen LogP contribution in [0.25, 0.3) is 0 Å². The Bertz CT molecular complexity index is 616. The van der Waals surface area contributed by atoms with Gasteiger partial charge in [-0.3, -0.25) is 9.69 Å². The summed E-state index contributed by atoms with van der Waals surface area (Å²) in [4.78, 5) is 14.4. The fourth-order valence-corrected chi connectivity index (χ4v) is 2.39. The van der Waals surface area contributed by atoms with Crippen LogP contribution in [-0.4, -0.2) is 23.9 Å². The molecule has 3 N–H and O–H groups in total.